The van der Waals surface area contributed by atoms with Crippen LogP contribution in [0.3, 0.4) is 0 Å². The molecule has 0 bridgehead atoms. The predicted octanol–water partition coefficient (Wildman–Crippen LogP) is 1.85. The highest BCUT2D eigenvalue weighted by Gasteiger charge is 2.15. The highest BCUT2D eigenvalue weighted by molar-refractivity contribution is 7.89. The van der Waals surface area contributed by atoms with Gasteiger partial charge in [-0.3, -0.25) is 9.78 Å². The van der Waals surface area contributed by atoms with E-state index < -0.39 is 16.0 Å². The molecule has 0 fully saturated rings. The van der Waals surface area contributed by atoms with Crippen molar-refractivity contribution >= 4 is 16.0 Å². The van der Waals surface area contributed by atoms with E-state index in [4.69, 9.17) is 4.74 Å². The zero-order chi connectivity index (χ0) is 22.3. The van der Waals surface area contributed by atoms with Gasteiger partial charge >= 0.3 is 5.97 Å². The summed E-state index contributed by atoms with van der Waals surface area (Å²) in [7, 11) is -3.75. The Morgan fingerprint density at radius 2 is 1.77 bits per heavy atom. The van der Waals surface area contributed by atoms with E-state index in [-0.39, 0.29) is 35.7 Å². The molecule has 2 heterocycles. The van der Waals surface area contributed by atoms with Crippen molar-refractivity contribution in [2.45, 2.75) is 24.8 Å². The number of hydrogen-bond acceptors (Lipinski definition) is 7. The molecule has 0 unspecified atom stereocenters. The Balaban J connectivity index is 1.59. The SMILES string of the molecule is CCOC(=O)c1ccc(S(=O)(=O)NCCCn2nc(-c3ccncc3)ccc2=O)cc1. The molecule has 3 rings (SSSR count). The van der Waals surface area contributed by atoms with E-state index in [0.29, 0.717) is 12.1 Å². The first-order chi connectivity index (χ1) is 14.9. The number of benzene rings is 1. The normalized spacial score (nSPS) is 11.3. The molecule has 0 atom stereocenters. The van der Waals surface area contributed by atoms with E-state index in [2.05, 4.69) is 14.8 Å². The molecule has 0 saturated carbocycles. The van der Waals surface area contributed by atoms with E-state index in [1.807, 2.05) is 0 Å². The second kappa shape index (κ2) is 10.1. The monoisotopic (exact) mass is 442 g/mol. The number of sulfonamides is 1. The van der Waals surface area contributed by atoms with Crippen molar-refractivity contribution in [2.75, 3.05) is 13.2 Å². The van der Waals surface area contributed by atoms with Gasteiger partial charge in [0.25, 0.3) is 5.56 Å². The molecule has 0 spiro atoms. The number of aromatic nitrogens is 3. The Kier molecular flexibility index (Phi) is 7.27. The van der Waals surface area contributed by atoms with Crippen molar-refractivity contribution in [3.8, 4) is 11.3 Å². The smallest absolute Gasteiger partial charge is 0.338 e. The van der Waals surface area contributed by atoms with Gasteiger partial charge in [0, 0.05) is 37.1 Å². The summed E-state index contributed by atoms with van der Waals surface area (Å²) in [5.74, 6) is -0.508. The fourth-order valence-electron chi connectivity index (χ4n) is 2.79. The topological polar surface area (TPSA) is 120 Å². The molecule has 0 aliphatic carbocycles. The van der Waals surface area contributed by atoms with Crippen LogP contribution in [0.25, 0.3) is 11.3 Å². The molecule has 3 aromatic rings. The van der Waals surface area contributed by atoms with Crippen molar-refractivity contribution in [3.63, 3.8) is 0 Å². The van der Waals surface area contributed by atoms with E-state index >= 15 is 0 Å². The third-order valence-electron chi connectivity index (χ3n) is 4.36. The molecule has 9 nitrogen and oxygen atoms in total. The van der Waals surface area contributed by atoms with Crippen LogP contribution in [-0.2, 0) is 21.3 Å². The minimum Gasteiger partial charge on any atom is -0.462 e. The summed E-state index contributed by atoms with van der Waals surface area (Å²) < 4.78 is 33.6. The maximum Gasteiger partial charge on any atom is 0.338 e. The number of rotatable bonds is 9. The molecule has 1 N–H and O–H groups in total. The van der Waals surface area contributed by atoms with Gasteiger partial charge in [0.05, 0.1) is 22.8 Å². The van der Waals surface area contributed by atoms with Crippen molar-refractivity contribution in [2.24, 2.45) is 0 Å². The van der Waals surface area contributed by atoms with Crippen LogP contribution in [0.15, 0.2) is 70.6 Å². The first-order valence-electron chi connectivity index (χ1n) is 9.66. The van der Waals surface area contributed by atoms with Crippen LogP contribution >= 0.6 is 0 Å². The van der Waals surface area contributed by atoms with Crippen LogP contribution in [0.1, 0.15) is 23.7 Å². The van der Waals surface area contributed by atoms with E-state index in [1.165, 1.54) is 35.0 Å². The average Bonchev–Trinajstić information content (AvgIpc) is 2.78. The summed E-state index contributed by atoms with van der Waals surface area (Å²) in [6, 6.07) is 12.1. The van der Waals surface area contributed by atoms with Gasteiger partial charge in [-0.25, -0.2) is 22.6 Å². The maximum atomic E-state index is 12.4. The lowest BCUT2D eigenvalue weighted by Crippen LogP contribution is -2.28. The van der Waals surface area contributed by atoms with Gasteiger partial charge in [-0.15, -0.1) is 0 Å². The molecular formula is C21H22N4O5S. The fourth-order valence-corrected chi connectivity index (χ4v) is 3.86. The molecule has 0 saturated heterocycles. The molecule has 0 aliphatic heterocycles. The Labute approximate surface area is 179 Å². The summed E-state index contributed by atoms with van der Waals surface area (Å²) in [5.41, 5.74) is 1.47. The van der Waals surface area contributed by atoms with Crippen LogP contribution in [0, 0.1) is 0 Å². The molecule has 1 aromatic carbocycles. The summed E-state index contributed by atoms with van der Waals surface area (Å²) in [4.78, 5) is 27.7. The van der Waals surface area contributed by atoms with Crippen LogP contribution in [0.2, 0.25) is 0 Å². The van der Waals surface area contributed by atoms with Crippen molar-refractivity contribution in [1.29, 1.82) is 0 Å². The van der Waals surface area contributed by atoms with E-state index in [9.17, 15) is 18.0 Å². The first-order valence-corrected chi connectivity index (χ1v) is 11.1. The Bertz CT molecular complexity index is 1190. The molecule has 0 aliphatic rings. The minimum absolute atomic E-state index is 0.0375. The lowest BCUT2D eigenvalue weighted by Gasteiger charge is -2.09. The number of aryl methyl sites for hydroxylation is 1. The van der Waals surface area contributed by atoms with E-state index in [1.54, 1.807) is 37.5 Å². The fraction of sp³-hybridized carbons (Fsp3) is 0.238. The molecule has 0 radical (unpaired) electrons. The van der Waals surface area contributed by atoms with Gasteiger partial charge in [0.1, 0.15) is 0 Å². The highest BCUT2D eigenvalue weighted by Crippen LogP contribution is 2.13. The second-order valence-electron chi connectivity index (χ2n) is 6.51. The number of carbonyl (C=O) groups excluding carboxylic acids is 1. The summed E-state index contributed by atoms with van der Waals surface area (Å²) in [6.07, 6.45) is 3.65. The minimum atomic E-state index is -3.75. The van der Waals surface area contributed by atoms with E-state index in [0.717, 1.165) is 5.56 Å². The third kappa shape index (κ3) is 5.83. The predicted molar refractivity (Wildman–Crippen MR) is 114 cm³/mol. The second-order valence-corrected chi connectivity index (χ2v) is 8.28. The third-order valence-corrected chi connectivity index (χ3v) is 5.83. The number of pyridine rings is 1. The number of nitrogens with zero attached hydrogens (tertiary/aromatic N) is 3. The summed E-state index contributed by atoms with van der Waals surface area (Å²) >= 11 is 0. The molecular weight excluding hydrogens is 420 g/mol. The molecule has 10 heteroatoms. The van der Waals surface area contributed by atoms with Gasteiger partial charge in [-0.2, -0.15) is 5.10 Å². The molecule has 0 amide bonds. The first kappa shape index (κ1) is 22.3. The van der Waals surface area contributed by atoms with Gasteiger partial charge < -0.3 is 4.74 Å². The van der Waals surface area contributed by atoms with Gasteiger partial charge in [0.2, 0.25) is 10.0 Å². The highest BCUT2D eigenvalue weighted by atomic mass is 32.2. The molecule has 31 heavy (non-hydrogen) atoms. The van der Waals surface area contributed by atoms with Crippen molar-refractivity contribution in [3.05, 3.63) is 76.8 Å². The number of ether oxygens (including phenoxy) is 1. The van der Waals surface area contributed by atoms with Crippen molar-refractivity contribution in [1.82, 2.24) is 19.5 Å². The standard InChI is InChI=1S/C21H22N4O5S/c1-2-30-21(27)17-4-6-18(7-5-17)31(28,29)23-12-3-15-25-20(26)9-8-19(24-25)16-10-13-22-14-11-16/h4-11,13-14,23H,2-3,12,15H2,1H3. The van der Waals surface area contributed by atoms with Gasteiger partial charge in [-0.1, -0.05) is 0 Å². The van der Waals surface area contributed by atoms with Crippen LogP contribution < -0.4 is 10.3 Å². The van der Waals surface area contributed by atoms with Crippen molar-refractivity contribution < 1.29 is 17.9 Å². The van der Waals surface area contributed by atoms with Crippen LogP contribution in [0.4, 0.5) is 0 Å². The number of carbonyl (C=O) groups is 1. The average molecular weight is 442 g/mol. The quantitative estimate of drug-likeness (QED) is 0.397. The number of nitrogens with one attached hydrogen (secondary N) is 1. The maximum absolute atomic E-state index is 12.4. The summed E-state index contributed by atoms with van der Waals surface area (Å²) in [5, 5.41) is 4.33. The Morgan fingerprint density at radius 3 is 2.45 bits per heavy atom. The van der Waals surface area contributed by atoms with Crippen LogP contribution in [0.5, 0.6) is 0 Å². The number of hydrogen-bond donors (Lipinski definition) is 1. The lowest BCUT2D eigenvalue weighted by atomic mass is 10.2. The number of esters is 1. The van der Waals surface area contributed by atoms with Gasteiger partial charge in [0.15, 0.2) is 0 Å². The molecule has 162 valence electrons. The Hall–Kier alpha value is -3.37. The summed E-state index contributed by atoms with van der Waals surface area (Å²) in [6.45, 7) is 2.31. The zero-order valence-electron chi connectivity index (χ0n) is 16.9. The Morgan fingerprint density at radius 1 is 1.06 bits per heavy atom. The lowest BCUT2D eigenvalue weighted by molar-refractivity contribution is 0.0526. The zero-order valence-corrected chi connectivity index (χ0v) is 17.7. The largest absolute Gasteiger partial charge is 0.462 e. The van der Waals surface area contributed by atoms with Gasteiger partial charge in [-0.05, 0) is 55.8 Å². The molecule has 2 aromatic heterocycles. The van der Waals surface area contributed by atoms with Crippen LogP contribution in [-0.4, -0.2) is 42.3 Å².